The van der Waals surface area contributed by atoms with E-state index in [1.165, 1.54) is 0 Å². The molecule has 92 valence electrons. The minimum Gasteiger partial charge on any atom is -0.289 e. The van der Waals surface area contributed by atoms with Gasteiger partial charge in [-0.15, -0.1) is 0 Å². The van der Waals surface area contributed by atoms with Crippen LogP contribution in [0.5, 0.6) is 0 Å². The van der Waals surface area contributed by atoms with Gasteiger partial charge >= 0.3 is 0 Å². The van der Waals surface area contributed by atoms with E-state index in [0.717, 1.165) is 10.0 Å². The third-order valence-electron chi connectivity index (χ3n) is 3.24. The molecule has 2 aromatic carbocycles. The highest BCUT2D eigenvalue weighted by Gasteiger charge is 2.29. The van der Waals surface area contributed by atoms with Crippen molar-refractivity contribution in [2.24, 2.45) is 0 Å². The van der Waals surface area contributed by atoms with Crippen LogP contribution in [0.3, 0.4) is 0 Å². The van der Waals surface area contributed by atoms with Crippen LogP contribution in [0.4, 0.5) is 0 Å². The summed E-state index contributed by atoms with van der Waals surface area (Å²) in [5.74, 6) is -0.220. The van der Waals surface area contributed by atoms with E-state index in [4.69, 9.17) is 0 Å². The highest BCUT2D eigenvalue weighted by molar-refractivity contribution is 9.10. The minimum absolute atomic E-state index is 0.110. The maximum absolute atomic E-state index is 12.4. The van der Waals surface area contributed by atoms with E-state index in [9.17, 15) is 9.59 Å². The Kier molecular flexibility index (Phi) is 2.72. The van der Waals surface area contributed by atoms with E-state index >= 15 is 0 Å². The van der Waals surface area contributed by atoms with Crippen molar-refractivity contribution < 1.29 is 9.59 Å². The monoisotopic (exact) mass is 312 g/mol. The molecule has 0 atom stereocenters. The predicted octanol–water partition coefficient (Wildman–Crippen LogP) is 3.87. The number of ketones is 2. The summed E-state index contributed by atoms with van der Waals surface area (Å²) < 4.78 is 0.790. The van der Waals surface area contributed by atoms with E-state index in [2.05, 4.69) is 22.5 Å². The van der Waals surface area contributed by atoms with Gasteiger partial charge in [-0.25, -0.2) is 0 Å². The molecule has 0 unspecified atom stereocenters. The average molecular weight is 313 g/mol. The van der Waals surface area contributed by atoms with Gasteiger partial charge in [0.1, 0.15) is 0 Å². The lowest BCUT2D eigenvalue weighted by Gasteiger charge is -2.17. The first-order chi connectivity index (χ1) is 9.11. The Labute approximate surface area is 118 Å². The number of halogens is 1. The van der Waals surface area contributed by atoms with Gasteiger partial charge in [0, 0.05) is 26.7 Å². The van der Waals surface area contributed by atoms with Gasteiger partial charge in [-0.3, -0.25) is 9.59 Å². The Bertz CT molecular complexity index is 744. The molecule has 19 heavy (non-hydrogen) atoms. The zero-order chi connectivity index (χ0) is 13.6. The van der Waals surface area contributed by atoms with Crippen LogP contribution < -0.4 is 0 Å². The first-order valence-electron chi connectivity index (χ1n) is 5.77. The van der Waals surface area contributed by atoms with Gasteiger partial charge in [-0.2, -0.15) is 0 Å². The molecular weight excluding hydrogens is 304 g/mol. The number of carbonyl (C=O) groups is 2. The molecule has 0 fully saturated rings. The van der Waals surface area contributed by atoms with Crippen molar-refractivity contribution in [2.45, 2.75) is 0 Å². The highest BCUT2D eigenvalue weighted by atomic mass is 79.9. The van der Waals surface area contributed by atoms with Gasteiger partial charge in [0.05, 0.1) is 0 Å². The molecule has 0 amide bonds. The number of hydrogen-bond acceptors (Lipinski definition) is 2. The van der Waals surface area contributed by atoms with Crippen LogP contribution in [-0.4, -0.2) is 11.6 Å². The number of hydrogen-bond donors (Lipinski definition) is 0. The first kappa shape index (κ1) is 12.1. The summed E-state index contributed by atoms with van der Waals surface area (Å²) in [6.07, 6.45) is 1.66. The number of benzene rings is 2. The topological polar surface area (TPSA) is 34.1 Å². The summed E-state index contributed by atoms with van der Waals surface area (Å²) in [6, 6.07) is 10.3. The van der Waals surface area contributed by atoms with E-state index in [0.29, 0.717) is 22.3 Å². The molecule has 2 aromatic rings. The summed E-state index contributed by atoms with van der Waals surface area (Å²) in [7, 11) is 0. The quantitative estimate of drug-likeness (QED) is 0.683. The lowest BCUT2D eigenvalue weighted by atomic mass is 9.83. The normalized spacial score (nSPS) is 12.9. The summed E-state index contributed by atoms with van der Waals surface area (Å²) in [5.41, 5.74) is 2.67. The summed E-state index contributed by atoms with van der Waals surface area (Å²) in [6.45, 7) is 3.68. The van der Waals surface area contributed by atoms with Gasteiger partial charge in [0.15, 0.2) is 11.6 Å². The Morgan fingerprint density at radius 2 is 1.42 bits per heavy atom. The molecule has 0 spiro atoms. The fourth-order valence-corrected chi connectivity index (χ4v) is 2.63. The maximum atomic E-state index is 12.4. The highest BCUT2D eigenvalue weighted by Crippen LogP contribution is 2.29. The Morgan fingerprint density at radius 3 is 2.05 bits per heavy atom. The second-order valence-corrected chi connectivity index (χ2v) is 5.27. The first-order valence-corrected chi connectivity index (χ1v) is 6.56. The van der Waals surface area contributed by atoms with Crippen molar-refractivity contribution in [3.8, 4) is 0 Å². The molecule has 0 bridgehead atoms. The third-order valence-corrected chi connectivity index (χ3v) is 3.73. The van der Waals surface area contributed by atoms with Gasteiger partial charge in [0.2, 0.25) is 0 Å². The molecule has 0 heterocycles. The summed E-state index contributed by atoms with van der Waals surface area (Å²) >= 11 is 3.32. The minimum atomic E-state index is -0.110. The molecule has 0 aliphatic heterocycles. The fourth-order valence-electron chi connectivity index (χ4n) is 2.27. The predicted molar refractivity (Wildman–Crippen MR) is 77.5 cm³/mol. The van der Waals surface area contributed by atoms with E-state index in [-0.39, 0.29) is 11.6 Å². The number of carbonyl (C=O) groups excluding carboxylic acids is 2. The van der Waals surface area contributed by atoms with Crippen molar-refractivity contribution in [1.82, 2.24) is 0 Å². The number of rotatable bonds is 1. The van der Waals surface area contributed by atoms with E-state index < -0.39 is 0 Å². The smallest absolute Gasteiger partial charge is 0.194 e. The van der Waals surface area contributed by atoms with E-state index in [1.807, 2.05) is 0 Å². The molecule has 3 rings (SSSR count). The molecule has 0 saturated carbocycles. The van der Waals surface area contributed by atoms with Crippen molar-refractivity contribution in [3.63, 3.8) is 0 Å². The van der Waals surface area contributed by atoms with Crippen LogP contribution in [0.2, 0.25) is 0 Å². The van der Waals surface area contributed by atoms with Gasteiger partial charge in [-0.05, 0) is 35.9 Å². The van der Waals surface area contributed by atoms with Crippen LogP contribution in [0.15, 0.2) is 47.4 Å². The molecule has 2 nitrogen and oxygen atoms in total. The molecule has 3 heteroatoms. The van der Waals surface area contributed by atoms with Crippen molar-refractivity contribution in [3.05, 3.63) is 75.3 Å². The van der Waals surface area contributed by atoms with Crippen molar-refractivity contribution in [2.75, 3.05) is 0 Å². The van der Waals surface area contributed by atoms with Gasteiger partial charge in [-0.1, -0.05) is 34.7 Å². The van der Waals surface area contributed by atoms with Crippen LogP contribution in [-0.2, 0) is 0 Å². The van der Waals surface area contributed by atoms with E-state index in [1.54, 1.807) is 42.5 Å². The van der Waals surface area contributed by atoms with Gasteiger partial charge < -0.3 is 0 Å². The Hall–Kier alpha value is -2.00. The molecule has 0 aromatic heterocycles. The molecule has 0 radical (unpaired) electrons. The summed E-state index contributed by atoms with van der Waals surface area (Å²) in [5, 5.41) is 0. The largest absolute Gasteiger partial charge is 0.289 e. The molecule has 1 aliphatic rings. The third kappa shape index (κ3) is 1.78. The Balaban J connectivity index is 2.29. The molecule has 0 saturated heterocycles. The second-order valence-electron chi connectivity index (χ2n) is 4.36. The zero-order valence-electron chi connectivity index (χ0n) is 9.94. The summed E-state index contributed by atoms with van der Waals surface area (Å²) in [4.78, 5) is 24.8. The van der Waals surface area contributed by atoms with Crippen LogP contribution >= 0.6 is 15.9 Å². The zero-order valence-corrected chi connectivity index (χ0v) is 11.5. The van der Waals surface area contributed by atoms with Crippen LogP contribution in [0.25, 0.3) is 6.08 Å². The number of fused-ring (bicyclic) bond motifs is 2. The molecular formula is C16H9BrO2. The average Bonchev–Trinajstić information content (AvgIpc) is 2.44. The van der Waals surface area contributed by atoms with Crippen molar-refractivity contribution in [1.29, 1.82) is 0 Å². The van der Waals surface area contributed by atoms with Crippen LogP contribution in [0, 0.1) is 0 Å². The molecule has 1 aliphatic carbocycles. The van der Waals surface area contributed by atoms with Crippen LogP contribution in [0.1, 0.15) is 37.4 Å². The maximum Gasteiger partial charge on any atom is 0.194 e. The lowest BCUT2D eigenvalue weighted by molar-refractivity contribution is 0.0979. The van der Waals surface area contributed by atoms with Gasteiger partial charge in [0.25, 0.3) is 0 Å². The fraction of sp³-hybridized carbons (Fsp3) is 0. The Morgan fingerprint density at radius 1 is 0.842 bits per heavy atom. The standard InChI is InChI=1S/C16H9BrO2/c1-2-9-3-5-11-13(7-9)15(18)12-6-4-10(17)8-14(12)16(11)19/h2-8H,1H2. The SMILES string of the molecule is C=Cc1ccc2c(c1)C(=O)c1ccc(Br)cc1C2=O. The second kappa shape index (κ2) is 4.28. The lowest BCUT2D eigenvalue weighted by Crippen LogP contribution is -2.20. The van der Waals surface area contributed by atoms with Crippen molar-refractivity contribution >= 4 is 33.6 Å². The molecule has 0 N–H and O–H groups in total.